The Morgan fingerprint density at radius 1 is 1.29 bits per heavy atom. The fourth-order valence-corrected chi connectivity index (χ4v) is 1.62. The van der Waals surface area contributed by atoms with Crippen LogP contribution in [0.3, 0.4) is 0 Å². The number of ether oxygens (including phenoxy) is 2. The van der Waals surface area contributed by atoms with Crippen LogP contribution in [0.2, 0.25) is 0 Å². The first-order valence-electron chi connectivity index (χ1n) is 5.77. The fraction of sp³-hybridized carbons (Fsp3) is 0.818. The van der Waals surface area contributed by atoms with Gasteiger partial charge in [0.15, 0.2) is 0 Å². The van der Waals surface area contributed by atoms with Gasteiger partial charge in [-0.05, 0) is 5.92 Å². The predicted octanol–water partition coefficient (Wildman–Crippen LogP) is 0.226. The highest BCUT2D eigenvalue weighted by atomic mass is 16.5. The molecule has 1 aliphatic rings. The molecule has 1 atom stereocenters. The second kappa shape index (κ2) is 6.44. The van der Waals surface area contributed by atoms with Crippen LogP contribution in [0.15, 0.2) is 0 Å². The van der Waals surface area contributed by atoms with E-state index in [1.165, 1.54) is 7.11 Å². The van der Waals surface area contributed by atoms with Crippen molar-refractivity contribution in [2.24, 2.45) is 5.92 Å². The van der Waals surface area contributed by atoms with Gasteiger partial charge < -0.3 is 19.7 Å². The molecule has 0 spiro atoms. The molecule has 17 heavy (non-hydrogen) atoms. The van der Waals surface area contributed by atoms with Crippen molar-refractivity contribution in [1.82, 2.24) is 10.2 Å². The summed E-state index contributed by atoms with van der Waals surface area (Å²) < 4.78 is 9.82. The van der Waals surface area contributed by atoms with Crippen LogP contribution < -0.4 is 5.32 Å². The summed E-state index contributed by atoms with van der Waals surface area (Å²) in [5.41, 5.74) is 0. The lowest BCUT2D eigenvalue weighted by atomic mass is 10.1. The van der Waals surface area contributed by atoms with E-state index in [0.717, 1.165) is 0 Å². The number of carbonyl (C=O) groups excluding carboxylic acids is 2. The first-order valence-corrected chi connectivity index (χ1v) is 5.77. The standard InChI is InChI=1S/C11H20N2O4/c1-8(2)9(10(14)16-3)12-11(15)13-4-6-17-7-5-13/h8-9H,4-7H2,1-3H3,(H,12,15)/t9-/m0/s1. The number of rotatable bonds is 3. The number of methoxy groups -OCH3 is 1. The molecule has 1 saturated heterocycles. The second-order valence-electron chi connectivity index (χ2n) is 4.29. The van der Waals surface area contributed by atoms with Gasteiger partial charge in [0.25, 0.3) is 0 Å². The van der Waals surface area contributed by atoms with Crippen LogP contribution in [-0.2, 0) is 14.3 Å². The molecule has 0 aliphatic carbocycles. The first-order chi connectivity index (χ1) is 8.06. The lowest BCUT2D eigenvalue weighted by molar-refractivity contribution is -0.144. The Hall–Kier alpha value is -1.30. The minimum absolute atomic E-state index is 0.00700. The zero-order valence-corrected chi connectivity index (χ0v) is 10.6. The number of morpholine rings is 1. The summed E-state index contributed by atoms with van der Waals surface area (Å²) >= 11 is 0. The molecule has 0 radical (unpaired) electrons. The molecule has 2 amide bonds. The normalized spacial score (nSPS) is 17.8. The van der Waals surface area contributed by atoms with Crippen LogP contribution in [0.1, 0.15) is 13.8 Å². The molecule has 1 fully saturated rings. The summed E-state index contributed by atoms with van der Waals surface area (Å²) in [6, 6.07) is -0.840. The Morgan fingerprint density at radius 2 is 1.88 bits per heavy atom. The smallest absolute Gasteiger partial charge is 0.328 e. The summed E-state index contributed by atoms with van der Waals surface area (Å²) in [5, 5.41) is 2.69. The highest BCUT2D eigenvalue weighted by molar-refractivity contribution is 5.83. The van der Waals surface area contributed by atoms with Gasteiger partial charge in [0.2, 0.25) is 0 Å². The van der Waals surface area contributed by atoms with Crippen molar-refractivity contribution in [3.8, 4) is 0 Å². The predicted molar refractivity (Wildman–Crippen MR) is 61.6 cm³/mol. The van der Waals surface area contributed by atoms with E-state index in [0.29, 0.717) is 26.3 Å². The van der Waals surface area contributed by atoms with Crippen LogP contribution in [0.25, 0.3) is 0 Å². The summed E-state index contributed by atoms with van der Waals surface area (Å²) in [4.78, 5) is 25.0. The van der Waals surface area contributed by atoms with Crippen molar-refractivity contribution in [2.75, 3.05) is 33.4 Å². The SMILES string of the molecule is COC(=O)[C@@H](NC(=O)N1CCOCC1)C(C)C. The third-order valence-electron chi connectivity index (χ3n) is 2.70. The van der Waals surface area contributed by atoms with Gasteiger partial charge in [-0.25, -0.2) is 9.59 Å². The number of amides is 2. The third-order valence-corrected chi connectivity index (χ3v) is 2.70. The van der Waals surface area contributed by atoms with E-state index in [1.807, 2.05) is 13.8 Å². The van der Waals surface area contributed by atoms with Crippen LogP contribution in [0.5, 0.6) is 0 Å². The molecule has 1 rings (SSSR count). The van der Waals surface area contributed by atoms with Gasteiger partial charge in [0, 0.05) is 13.1 Å². The highest BCUT2D eigenvalue weighted by Gasteiger charge is 2.27. The maximum Gasteiger partial charge on any atom is 0.328 e. The topological polar surface area (TPSA) is 67.9 Å². The first kappa shape index (κ1) is 13.8. The summed E-state index contributed by atoms with van der Waals surface area (Å²) in [6.45, 7) is 5.91. The molecule has 0 saturated carbocycles. The van der Waals surface area contributed by atoms with Crippen molar-refractivity contribution < 1.29 is 19.1 Å². The molecule has 6 nitrogen and oxygen atoms in total. The van der Waals surface area contributed by atoms with Gasteiger partial charge in [-0.2, -0.15) is 0 Å². The molecule has 0 bridgehead atoms. The summed E-state index contributed by atoms with van der Waals surface area (Å²) in [5.74, 6) is -0.422. The monoisotopic (exact) mass is 244 g/mol. The lowest BCUT2D eigenvalue weighted by Crippen LogP contribution is -2.53. The number of nitrogens with one attached hydrogen (secondary N) is 1. The molecular formula is C11H20N2O4. The number of nitrogens with zero attached hydrogens (tertiary/aromatic N) is 1. The van der Waals surface area contributed by atoms with Crippen molar-refractivity contribution >= 4 is 12.0 Å². The number of carbonyl (C=O) groups is 2. The summed E-state index contributed by atoms with van der Waals surface area (Å²) in [6.07, 6.45) is 0. The van der Waals surface area contributed by atoms with E-state index in [9.17, 15) is 9.59 Å². The Morgan fingerprint density at radius 3 is 2.35 bits per heavy atom. The quantitative estimate of drug-likeness (QED) is 0.721. The van der Waals surface area contributed by atoms with Crippen LogP contribution in [0, 0.1) is 5.92 Å². The molecule has 0 aromatic rings. The average Bonchev–Trinajstić information content (AvgIpc) is 2.35. The maximum atomic E-state index is 11.9. The lowest BCUT2D eigenvalue weighted by Gasteiger charge is -2.29. The van der Waals surface area contributed by atoms with E-state index in [4.69, 9.17) is 4.74 Å². The molecule has 1 aliphatic heterocycles. The Kier molecular flexibility index (Phi) is 5.21. The molecule has 1 heterocycles. The van der Waals surface area contributed by atoms with Gasteiger partial charge in [0.1, 0.15) is 6.04 Å². The fourth-order valence-electron chi connectivity index (χ4n) is 1.62. The number of esters is 1. The van der Waals surface area contributed by atoms with E-state index < -0.39 is 12.0 Å². The maximum absolute atomic E-state index is 11.9. The molecule has 1 N–H and O–H groups in total. The molecule has 0 aromatic heterocycles. The molecular weight excluding hydrogens is 224 g/mol. The van der Waals surface area contributed by atoms with Gasteiger partial charge in [-0.1, -0.05) is 13.8 Å². The van der Waals surface area contributed by atoms with Crippen molar-refractivity contribution in [1.29, 1.82) is 0 Å². The minimum Gasteiger partial charge on any atom is -0.467 e. The molecule has 0 unspecified atom stereocenters. The number of hydrogen-bond donors (Lipinski definition) is 1. The molecule has 98 valence electrons. The second-order valence-corrected chi connectivity index (χ2v) is 4.29. The van der Waals surface area contributed by atoms with Gasteiger partial charge >= 0.3 is 12.0 Å². The third kappa shape index (κ3) is 3.89. The Balaban J connectivity index is 2.54. The van der Waals surface area contributed by atoms with E-state index in [-0.39, 0.29) is 11.9 Å². The average molecular weight is 244 g/mol. The van der Waals surface area contributed by atoms with E-state index in [1.54, 1.807) is 4.90 Å². The Labute approximate surface area is 101 Å². The van der Waals surface area contributed by atoms with Crippen LogP contribution in [0.4, 0.5) is 4.79 Å². The van der Waals surface area contributed by atoms with Crippen LogP contribution in [-0.4, -0.2) is 56.4 Å². The Bertz CT molecular complexity index is 275. The van der Waals surface area contributed by atoms with Crippen molar-refractivity contribution in [3.63, 3.8) is 0 Å². The largest absolute Gasteiger partial charge is 0.467 e. The minimum atomic E-state index is -0.602. The van der Waals surface area contributed by atoms with Crippen molar-refractivity contribution in [3.05, 3.63) is 0 Å². The van der Waals surface area contributed by atoms with Crippen LogP contribution >= 0.6 is 0 Å². The van der Waals surface area contributed by atoms with E-state index >= 15 is 0 Å². The zero-order chi connectivity index (χ0) is 12.8. The van der Waals surface area contributed by atoms with E-state index in [2.05, 4.69) is 10.1 Å². The zero-order valence-electron chi connectivity index (χ0n) is 10.6. The van der Waals surface area contributed by atoms with Gasteiger partial charge in [-0.15, -0.1) is 0 Å². The number of hydrogen-bond acceptors (Lipinski definition) is 4. The van der Waals surface area contributed by atoms with Gasteiger partial charge in [-0.3, -0.25) is 0 Å². The number of urea groups is 1. The molecule has 6 heteroatoms. The van der Waals surface area contributed by atoms with Crippen molar-refractivity contribution in [2.45, 2.75) is 19.9 Å². The molecule has 0 aromatic carbocycles. The highest BCUT2D eigenvalue weighted by Crippen LogP contribution is 2.05. The summed E-state index contributed by atoms with van der Waals surface area (Å²) in [7, 11) is 1.32. The van der Waals surface area contributed by atoms with Gasteiger partial charge in [0.05, 0.1) is 20.3 Å².